The van der Waals surface area contributed by atoms with E-state index in [1.165, 1.54) is 5.56 Å². The van der Waals surface area contributed by atoms with Crippen LogP contribution in [0.15, 0.2) is 30.3 Å². The second-order valence-electron chi connectivity index (χ2n) is 5.77. The lowest BCUT2D eigenvalue weighted by Gasteiger charge is -2.47. The van der Waals surface area contributed by atoms with Crippen LogP contribution in [0.1, 0.15) is 31.2 Å². The van der Waals surface area contributed by atoms with Gasteiger partial charge in [-0.1, -0.05) is 37.3 Å². The molecule has 1 aromatic carbocycles. The van der Waals surface area contributed by atoms with Crippen molar-refractivity contribution in [3.8, 4) is 0 Å². The van der Waals surface area contributed by atoms with Crippen LogP contribution in [-0.4, -0.2) is 29.4 Å². The Morgan fingerprint density at radius 1 is 1.39 bits per heavy atom. The first-order valence-electron chi connectivity index (χ1n) is 6.75. The van der Waals surface area contributed by atoms with E-state index in [0.717, 1.165) is 25.9 Å². The van der Waals surface area contributed by atoms with Crippen LogP contribution in [-0.2, 0) is 4.79 Å². The largest absolute Gasteiger partial charge is 0.339 e. The zero-order valence-electron chi connectivity index (χ0n) is 10.8. The van der Waals surface area contributed by atoms with E-state index in [4.69, 9.17) is 5.73 Å². The predicted molar refractivity (Wildman–Crippen MR) is 71.1 cm³/mol. The van der Waals surface area contributed by atoms with Gasteiger partial charge in [0.05, 0.1) is 5.54 Å². The molecule has 3 nitrogen and oxygen atoms in total. The van der Waals surface area contributed by atoms with Crippen molar-refractivity contribution in [3.63, 3.8) is 0 Å². The first-order valence-corrected chi connectivity index (χ1v) is 6.75. The maximum atomic E-state index is 12.2. The van der Waals surface area contributed by atoms with E-state index in [9.17, 15) is 4.79 Å². The Kier molecular flexibility index (Phi) is 2.67. The number of nitrogens with two attached hydrogens (primary N) is 1. The Balaban J connectivity index is 1.58. The lowest BCUT2D eigenvalue weighted by molar-refractivity contribution is -0.140. The Morgan fingerprint density at radius 3 is 2.67 bits per heavy atom. The van der Waals surface area contributed by atoms with Gasteiger partial charge in [0.1, 0.15) is 0 Å². The fraction of sp³-hybridized carbons (Fsp3) is 0.533. The van der Waals surface area contributed by atoms with Crippen LogP contribution in [0.25, 0.3) is 0 Å². The summed E-state index contributed by atoms with van der Waals surface area (Å²) in [6.45, 7) is 3.56. The molecule has 0 radical (unpaired) electrons. The Morgan fingerprint density at radius 2 is 2.06 bits per heavy atom. The number of carbonyl (C=O) groups excluding carboxylic acids is 1. The van der Waals surface area contributed by atoms with E-state index in [1.54, 1.807) is 0 Å². The van der Waals surface area contributed by atoms with Crippen LogP contribution in [0.2, 0.25) is 0 Å². The van der Waals surface area contributed by atoms with Crippen molar-refractivity contribution in [1.29, 1.82) is 0 Å². The smallest absolute Gasteiger partial charge is 0.226 e. The zero-order valence-corrected chi connectivity index (χ0v) is 10.8. The molecule has 2 aliphatic rings. The maximum absolute atomic E-state index is 12.2. The molecule has 1 amide bonds. The summed E-state index contributed by atoms with van der Waals surface area (Å²) in [4.78, 5) is 14.2. The van der Waals surface area contributed by atoms with Crippen molar-refractivity contribution < 1.29 is 4.79 Å². The van der Waals surface area contributed by atoms with E-state index < -0.39 is 0 Å². The lowest BCUT2D eigenvalue weighted by Crippen LogP contribution is -2.68. The first-order chi connectivity index (χ1) is 8.63. The number of benzene rings is 1. The molecule has 2 atom stereocenters. The number of amides is 1. The van der Waals surface area contributed by atoms with E-state index in [-0.39, 0.29) is 11.5 Å². The molecular weight excluding hydrogens is 224 g/mol. The predicted octanol–water partition coefficient (Wildman–Crippen LogP) is 1.74. The summed E-state index contributed by atoms with van der Waals surface area (Å²) in [6.07, 6.45) is 1.95. The Hall–Kier alpha value is -1.35. The highest BCUT2D eigenvalue weighted by Crippen LogP contribution is 2.49. The normalized spacial score (nSPS) is 28.7. The third kappa shape index (κ3) is 1.93. The average molecular weight is 244 g/mol. The molecule has 3 rings (SSSR count). The average Bonchev–Trinajstić information content (AvgIpc) is 3.15. The van der Waals surface area contributed by atoms with E-state index in [1.807, 2.05) is 23.1 Å². The molecule has 18 heavy (non-hydrogen) atoms. The van der Waals surface area contributed by atoms with Crippen molar-refractivity contribution in [2.75, 3.05) is 13.1 Å². The minimum absolute atomic E-state index is 0.118. The summed E-state index contributed by atoms with van der Waals surface area (Å²) < 4.78 is 0. The molecule has 3 heteroatoms. The molecule has 1 aromatic rings. The number of likely N-dealkylation sites (tertiary alicyclic amines) is 1. The van der Waals surface area contributed by atoms with Gasteiger partial charge in [-0.15, -0.1) is 0 Å². The minimum Gasteiger partial charge on any atom is -0.339 e. The van der Waals surface area contributed by atoms with Gasteiger partial charge in [-0.25, -0.2) is 0 Å². The van der Waals surface area contributed by atoms with Crippen LogP contribution < -0.4 is 5.73 Å². The molecule has 96 valence electrons. The third-order valence-electron chi connectivity index (χ3n) is 4.36. The van der Waals surface area contributed by atoms with Gasteiger partial charge in [0, 0.05) is 19.0 Å². The van der Waals surface area contributed by atoms with Gasteiger partial charge in [0.15, 0.2) is 0 Å². The van der Waals surface area contributed by atoms with Gasteiger partial charge < -0.3 is 10.6 Å². The fourth-order valence-electron chi connectivity index (χ4n) is 2.86. The number of rotatable bonds is 3. The van der Waals surface area contributed by atoms with Crippen molar-refractivity contribution in [2.45, 2.75) is 31.2 Å². The number of hydrogen-bond donors (Lipinski definition) is 1. The Labute approximate surface area is 108 Å². The minimum atomic E-state index is -0.118. The third-order valence-corrected chi connectivity index (χ3v) is 4.36. The highest BCUT2D eigenvalue weighted by atomic mass is 16.2. The van der Waals surface area contributed by atoms with Gasteiger partial charge in [-0.2, -0.15) is 0 Å². The van der Waals surface area contributed by atoms with E-state index >= 15 is 0 Å². The van der Waals surface area contributed by atoms with Crippen molar-refractivity contribution in [3.05, 3.63) is 35.9 Å². The summed E-state index contributed by atoms with van der Waals surface area (Å²) in [7, 11) is 0. The molecule has 2 N–H and O–H groups in total. The maximum Gasteiger partial charge on any atom is 0.226 e. The second-order valence-corrected chi connectivity index (χ2v) is 5.77. The quantitative estimate of drug-likeness (QED) is 0.880. The van der Waals surface area contributed by atoms with Crippen molar-refractivity contribution in [2.24, 2.45) is 11.7 Å². The number of nitrogens with zero attached hydrogens (tertiary/aromatic N) is 1. The van der Waals surface area contributed by atoms with Crippen LogP contribution in [0, 0.1) is 5.92 Å². The molecule has 1 aliphatic heterocycles. The highest BCUT2D eigenvalue weighted by Gasteiger charge is 2.50. The first kappa shape index (κ1) is 11.7. The number of carbonyl (C=O) groups is 1. The summed E-state index contributed by atoms with van der Waals surface area (Å²) in [5, 5.41) is 0. The van der Waals surface area contributed by atoms with Gasteiger partial charge in [0.2, 0.25) is 5.91 Å². The van der Waals surface area contributed by atoms with E-state index in [2.05, 4.69) is 19.1 Å². The van der Waals surface area contributed by atoms with Crippen molar-refractivity contribution >= 4 is 5.91 Å². The van der Waals surface area contributed by atoms with Crippen LogP contribution in [0.5, 0.6) is 0 Å². The molecule has 0 aromatic heterocycles. The standard InChI is InChI=1S/C15H20N2O/c1-2-15(16)9-17(10-15)14(18)13-8-12(13)11-6-4-3-5-7-11/h3-7,12-13H,2,8-10,16H2,1H3. The molecule has 1 heterocycles. The lowest BCUT2D eigenvalue weighted by atomic mass is 9.88. The Bertz CT molecular complexity index is 451. The summed E-state index contributed by atoms with van der Waals surface area (Å²) in [5.41, 5.74) is 7.28. The van der Waals surface area contributed by atoms with Crippen LogP contribution in [0.4, 0.5) is 0 Å². The van der Waals surface area contributed by atoms with Crippen LogP contribution >= 0.6 is 0 Å². The van der Waals surface area contributed by atoms with Crippen LogP contribution in [0.3, 0.4) is 0 Å². The molecule has 1 saturated carbocycles. The number of hydrogen-bond acceptors (Lipinski definition) is 2. The monoisotopic (exact) mass is 244 g/mol. The molecule has 2 unspecified atom stereocenters. The van der Waals surface area contributed by atoms with Crippen molar-refractivity contribution in [1.82, 2.24) is 4.90 Å². The van der Waals surface area contributed by atoms with Gasteiger partial charge in [-0.05, 0) is 24.3 Å². The molecule has 1 saturated heterocycles. The molecule has 1 aliphatic carbocycles. The van der Waals surface area contributed by atoms with Gasteiger partial charge >= 0.3 is 0 Å². The highest BCUT2D eigenvalue weighted by molar-refractivity contribution is 5.84. The molecular formula is C15H20N2O. The van der Waals surface area contributed by atoms with Gasteiger partial charge in [-0.3, -0.25) is 4.79 Å². The summed E-state index contributed by atoms with van der Waals surface area (Å²) >= 11 is 0. The topological polar surface area (TPSA) is 46.3 Å². The summed E-state index contributed by atoms with van der Waals surface area (Å²) in [5.74, 6) is 0.945. The zero-order chi connectivity index (χ0) is 12.8. The second kappa shape index (κ2) is 4.09. The SMILES string of the molecule is CCC1(N)CN(C(=O)C2CC2c2ccccc2)C1. The molecule has 0 bridgehead atoms. The van der Waals surface area contributed by atoms with E-state index in [0.29, 0.717) is 11.8 Å². The molecule has 0 spiro atoms. The fourth-order valence-corrected chi connectivity index (χ4v) is 2.86. The van der Waals surface area contributed by atoms with Gasteiger partial charge in [0.25, 0.3) is 0 Å². The summed E-state index contributed by atoms with van der Waals surface area (Å²) in [6, 6.07) is 10.3. The molecule has 2 fully saturated rings.